The fraction of sp³-hybridized carbons (Fsp3) is 0.136. The van der Waals surface area contributed by atoms with Gasteiger partial charge in [0.25, 0.3) is 0 Å². The van der Waals surface area contributed by atoms with Gasteiger partial charge in [-0.15, -0.1) is 0 Å². The van der Waals surface area contributed by atoms with Crippen LogP contribution in [-0.4, -0.2) is 4.57 Å². The van der Waals surface area contributed by atoms with Crippen molar-refractivity contribution < 1.29 is 0 Å². The van der Waals surface area contributed by atoms with E-state index >= 15 is 0 Å². The van der Waals surface area contributed by atoms with Crippen molar-refractivity contribution in [1.29, 1.82) is 5.26 Å². The van der Waals surface area contributed by atoms with Gasteiger partial charge < -0.3 is 4.57 Å². The zero-order valence-electron chi connectivity index (χ0n) is 14.8. The predicted molar refractivity (Wildman–Crippen MR) is 118 cm³/mol. The van der Waals surface area contributed by atoms with Gasteiger partial charge in [-0.1, -0.05) is 23.7 Å². The molecule has 0 N–H and O–H groups in total. The summed E-state index contributed by atoms with van der Waals surface area (Å²) >= 11 is 8.30. The van der Waals surface area contributed by atoms with Gasteiger partial charge in [-0.25, -0.2) is 0 Å². The SMILES string of the molecule is Cc1cc(-n2c(C)cc(/C=C(\C#N)c3ccc(Cl)cc3)c2C)ccc1I. The third-order valence-electron chi connectivity index (χ3n) is 4.45. The van der Waals surface area contributed by atoms with Gasteiger partial charge in [-0.05, 0) is 103 Å². The zero-order valence-corrected chi connectivity index (χ0v) is 17.8. The van der Waals surface area contributed by atoms with Crippen molar-refractivity contribution >= 4 is 45.8 Å². The van der Waals surface area contributed by atoms with Gasteiger partial charge >= 0.3 is 0 Å². The van der Waals surface area contributed by atoms with E-state index in [0.29, 0.717) is 10.6 Å². The number of nitrogens with zero attached hydrogens (tertiary/aromatic N) is 2. The van der Waals surface area contributed by atoms with Gasteiger partial charge in [0.2, 0.25) is 0 Å². The second-order valence-corrected chi connectivity index (χ2v) is 7.87. The average molecular weight is 473 g/mol. The van der Waals surface area contributed by atoms with E-state index in [1.165, 1.54) is 9.13 Å². The highest BCUT2D eigenvalue weighted by atomic mass is 127. The first-order valence-corrected chi connectivity index (χ1v) is 9.69. The number of rotatable bonds is 3. The average Bonchev–Trinajstić information content (AvgIpc) is 2.90. The third kappa shape index (κ3) is 3.72. The zero-order chi connectivity index (χ0) is 18.8. The van der Waals surface area contributed by atoms with Crippen LogP contribution in [0.15, 0.2) is 48.5 Å². The molecule has 0 radical (unpaired) electrons. The lowest BCUT2D eigenvalue weighted by Crippen LogP contribution is -2.00. The van der Waals surface area contributed by atoms with E-state index in [4.69, 9.17) is 11.6 Å². The van der Waals surface area contributed by atoms with Crippen LogP contribution in [0, 0.1) is 35.7 Å². The summed E-state index contributed by atoms with van der Waals surface area (Å²) in [7, 11) is 0. The van der Waals surface area contributed by atoms with Crippen LogP contribution in [0.1, 0.15) is 28.1 Å². The van der Waals surface area contributed by atoms with Crippen molar-refractivity contribution in [2.45, 2.75) is 20.8 Å². The van der Waals surface area contributed by atoms with Crippen molar-refractivity contribution in [2.24, 2.45) is 0 Å². The quantitative estimate of drug-likeness (QED) is 0.307. The molecule has 3 rings (SSSR count). The van der Waals surface area contributed by atoms with Crippen LogP contribution in [0.4, 0.5) is 0 Å². The number of nitriles is 1. The summed E-state index contributed by atoms with van der Waals surface area (Å²) < 4.78 is 3.48. The second-order valence-electron chi connectivity index (χ2n) is 6.27. The summed E-state index contributed by atoms with van der Waals surface area (Å²) in [6.45, 7) is 6.30. The lowest BCUT2D eigenvalue weighted by atomic mass is 10.0. The number of hydrogen-bond acceptors (Lipinski definition) is 1. The van der Waals surface area contributed by atoms with E-state index in [1.54, 1.807) is 12.1 Å². The molecule has 0 saturated carbocycles. The molecule has 1 aromatic heterocycles. The maximum Gasteiger partial charge on any atom is 0.0998 e. The van der Waals surface area contributed by atoms with Crippen molar-refractivity contribution in [2.75, 3.05) is 0 Å². The molecule has 0 unspecified atom stereocenters. The van der Waals surface area contributed by atoms with Crippen molar-refractivity contribution in [3.05, 3.63) is 85.2 Å². The first-order chi connectivity index (χ1) is 12.4. The maximum atomic E-state index is 9.60. The van der Waals surface area contributed by atoms with Gasteiger partial charge in [0.15, 0.2) is 0 Å². The molecule has 0 aliphatic heterocycles. The number of allylic oxidation sites excluding steroid dienone is 1. The largest absolute Gasteiger partial charge is 0.318 e. The Morgan fingerprint density at radius 1 is 1.08 bits per heavy atom. The molecular weight excluding hydrogens is 455 g/mol. The molecule has 0 atom stereocenters. The van der Waals surface area contributed by atoms with Crippen LogP contribution in [0.2, 0.25) is 5.02 Å². The van der Waals surface area contributed by atoms with Gasteiger partial charge in [0.05, 0.1) is 11.6 Å². The minimum Gasteiger partial charge on any atom is -0.318 e. The minimum atomic E-state index is 0.626. The van der Waals surface area contributed by atoms with Crippen LogP contribution < -0.4 is 0 Å². The first-order valence-electron chi connectivity index (χ1n) is 8.24. The van der Waals surface area contributed by atoms with Gasteiger partial charge in [0.1, 0.15) is 0 Å². The Hall–Kier alpha value is -2.03. The molecular formula is C22H18ClIN2. The van der Waals surface area contributed by atoms with E-state index in [-0.39, 0.29) is 0 Å². The Balaban J connectivity index is 2.08. The van der Waals surface area contributed by atoms with Crippen LogP contribution in [-0.2, 0) is 0 Å². The summed E-state index contributed by atoms with van der Waals surface area (Å²) in [5.41, 5.74) is 7.19. The number of aromatic nitrogens is 1. The smallest absolute Gasteiger partial charge is 0.0998 e. The van der Waals surface area contributed by atoms with E-state index in [9.17, 15) is 5.26 Å². The number of aryl methyl sites for hydroxylation is 2. The molecule has 0 aliphatic carbocycles. The van der Waals surface area contributed by atoms with E-state index < -0.39 is 0 Å². The lowest BCUT2D eigenvalue weighted by Gasteiger charge is -2.11. The highest BCUT2D eigenvalue weighted by Crippen LogP contribution is 2.27. The van der Waals surface area contributed by atoms with Crippen LogP contribution >= 0.6 is 34.2 Å². The maximum absolute atomic E-state index is 9.60. The third-order valence-corrected chi connectivity index (χ3v) is 5.91. The summed E-state index contributed by atoms with van der Waals surface area (Å²) in [4.78, 5) is 0. The topological polar surface area (TPSA) is 28.7 Å². The summed E-state index contributed by atoms with van der Waals surface area (Å²) in [5, 5.41) is 10.3. The van der Waals surface area contributed by atoms with Crippen LogP contribution in [0.5, 0.6) is 0 Å². The van der Waals surface area contributed by atoms with Gasteiger partial charge in [-0.3, -0.25) is 0 Å². The van der Waals surface area contributed by atoms with Crippen molar-refractivity contribution in [3.8, 4) is 11.8 Å². The normalized spacial score (nSPS) is 11.5. The molecule has 26 heavy (non-hydrogen) atoms. The molecule has 0 aliphatic rings. The summed E-state index contributed by atoms with van der Waals surface area (Å²) in [5.74, 6) is 0. The first kappa shape index (κ1) is 18.8. The van der Waals surface area contributed by atoms with Gasteiger partial charge in [0, 0.05) is 25.7 Å². The molecule has 3 aromatic rings. The Labute approximate surface area is 172 Å². The highest BCUT2D eigenvalue weighted by Gasteiger charge is 2.11. The van der Waals surface area contributed by atoms with Crippen molar-refractivity contribution in [1.82, 2.24) is 4.57 Å². The summed E-state index contributed by atoms with van der Waals surface area (Å²) in [6.07, 6.45) is 1.95. The van der Waals surface area contributed by atoms with E-state index in [2.05, 4.69) is 78.3 Å². The van der Waals surface area contributed by atoms with Gasteiger partial charge in [-0.2, -0.15) is 5.26 Å². The Morgan fingerprint density at radius 2 is 1.77 bits per heavy atom. The monoisotopic (exact) mass is 472 g/mol. The molecule has 2 nitrogen and oxygen atoms in total. The van der Waals surface area contributed by atoms with Crippen LogP contribution in [0.3, 0.4) is 0 Å². The molecule has 0 spiro atoms. The standard InChI is InChI=1S/C22H18ClIN2/c1-14-10-21(8-9-22(14)24)26-15(2)11-18(16(26)3)12-19(13-25)17-4-6-20(23)7-5-17/h4-12H,1-3H3/b19-12+. The number of benzene rings is 2. The molecule has 1 heterocycles. The molecule has 2 aromatic carbocycles. The molecule has 4 heteroatoms. The minimum absolute atomic E-state index is 0.626. The fourth-order valence-electron chi connectivity index (χ4n) is 3.06. The summed E-state index contributed by atoms with van der Waals surface area (Å²) in [6, 6.07) is 18.2. The van der Waals surface area contributed by atoms with Crippen molar-refractivity contribution in [3.63, 3.8) is 0 Å². The molecule has 0 fully saturated rings. The Morgan fingerprint density at radius 3 is 2.38 bits per heavy atom. The van der Waals surface area contributed by atoms with E-state index in [1.807, 2.05) is 18.2 Å². The van der Waals surface area contributed by atoms with Crippen LogP contribution in [0.25, 0.3) is 17.3 Å². The molecule has 130 valence electrons. The number of hydrogen-bond donors (Lipinski definition) is 0. The second kappa shape index (κ2) is 7.69. The fourth-order valence-corrected chi connectivity index (χ4v) is 3.53. The van der Waals surface area contributed by atoms with E-state index in [0.717, 1.165) is 28.2 Å². The Kier molecular flexibility index (Phi) is 5.55. The lowest BCUT2D eigenvalue weighted by molar-refractivity contribution is 0.961. The predicted octanol–water partition coefficient (Wildman–Crippen LogP) is 6.72. The molecule has 0 saturated heterocycles. The Bertz CT molecular complexity index is 1040. The molecule has 0 bridgehead atoms. The highest BCUT2D eigenvalue weighted by molar-refractivity contribution is 14.1. The molecule has 0 amide bonds. The number of halogens is 2.